The molecule has 0 bridgehead atoms. The van der Waals surface area contributed by atoms with Crippen molar-refractivity contribution < 1.29 is 23.5 Å². The second-order valence-corrected chi connectivity index (χ2v) is 7.63. The molecule has 0 aliphatic carbocycles. The van der Waals surface area contributed by atoms with Crippen LogP contribution in [0.4, 0.5) is 4.39 Å². The predicted octanol–water partition coefficient (Wildman–Crippen LogP) is 2.74. The maximum Gasteiger partial charge on any atom is 0.255 e. The number of nitrogens with zero attached hydrogens (tertiary/aromatic N) is 2. The second kappa shape index (κ2) is 9.67. The van der Waals surface area contributed by atoms with Crippen molar-refractivity contribution in [3.8, 4) is 0 Å². The molecule has 0 spiro atoms. The smallest absolute Gasteiger partial charge is 0.255 e. The molecule has 6 nitrogen and oxygen atoms in total. The number of piperidine rings is 1. The summed E-state index contributed by atoms with van der Waals surface area (Å²) in [5.41, 5.74) is 0.178. The summed E-state index contributed by atoms with van der Waals surface area (Å²) in [6.45, 7) is 2.34. The lowest BCUT2D eigenvalue weighted by atomic mass is 9.97. The summed E-state index contributed by atoms with van der Waals surface area (Å²) in [6, 6.07) is 4.00. The molecule has 2 aliphatic rings. The van der Waals surface area contributed by atoms with Crippen LogP contribution in [0.25, 0.3) is 0 Å². The van der Waals surface area contributed by atoms with E-state index in [1.54, 1.807) is 4.90 Å². The Balaban J connectivity index is 1.67. The van der Waals surface area contributed by atoms with Crippen LogP contribution in [0.5, 0.6) is 0 Å². The summed E-state index contributed by atoms with van der Waals surface area (Å²) >= 11 is 6.07. The Morgan fingerprint density at radius 1 is 1.21 bits per heavy atom. The van der Waals surface area contributed by atoms with Crippen LogP contribution in [0.15, 0.2) is 18.2 Å². The number of likely N-dealkylation sites (tertiary alicyclic amines) is 1. The molecular formula is C20H26ClFN2O4. The monoisotopic (exact) mass is 412 g/mol. The number of halogens is 2. The van der Waals surface area contributed by atoms with Gasteiger partial charge in [0.1, 0.15) is 12.4 Å². The average molecular weight is 413 g/mol. The molecule has 2 amide bonds. The zero-order valence-electron chi connectivity index (χ0n) is 16.0. The molecule has 2 saturated heterocycles. The number of benzene rings is 1. The third-order valence-corrected chi connectivity index (χ3v) is 5.77. The van der Waals surface area contributed by atoms with E-state index in [9.17, 15) is 14.0 Å². The van der Waals surface area contributed by atoms with Crippen molar-refractivity contribution in [3.05, 3.63) is 34.6 Å². The lowest BCUT2D eigenvalue weighted by Crippen LogP contribution is -2.54. The van der Waals surface area contributed by atoms with Gasteiger partial charge in [0.2, 0.25) is 5.91 Å². The number of methoxy groups -OCH3 is 1. The maximum absolute atomic E-state index is 13.5. The molecule has 2 aliphatic heterocycles. The molecule has 1 aromatic carbocycles. The van der Waals surface area contributed by atoms with Gasteiger partial charge in [-0.3, -0.25) is 9.59 Å². The van der Waals surface area contributed by atoms with Gasteiger partial charge in [-0.1, -0.05) is 11.6 Å². The summed E-state index contributed by atoms with van der Waals surface area (Å²) in [4.78, 5) is 29.1. The van der Waals surface area contributed by atoms with Gasteiger partial charge in [0.15, 0.2) is 0 Å². The van der Waals surface area contributed by atoms with Crippen molar-refractivity contribution in [2.24, 2.45) is 0 Å². The van der Waals surface area contributed by atoms with Gasteiger partial charge in [-0.15, -0.1) is 0 Å². The molecule has 0 aromatic heterocycles. The van der Waals surface area contributed by atoms with Crippen molar-refractivity contribution >= 4 is 23.4 Å². The average Bonchev–Trinajstić information content (AvgIpc) is 2.71. The molecule has 0 saturated carbocycles. The Bertz CT molecular complexity index is 703. The number of ether oxygens (including phenoxy) is 2. The van der Waals surface area contributed by atoms with E-state index < -0.39 is 5.82 Å². The fraction of sp³-hybridized carbons (Fsp3) is 0.600. The first kappa shape index (κ1) is 21.0. The van der Waals surface area contributed by atoms with E-state index in [1.807, 2.05) is 4.90 Å². The highest BCUT2D eigenvalue weighted by atomic mass is 35.5. The Labute approximate surface area is 169 Å². The topological polar surface area (TPSA) is 59.1 Å². The number of rotatable bonds is 5. The summed E-state index contributed by atoms with van der Waals surface area (Å²) in [6.07, 6.45) is 2.97. The van der Waals surface area contributed by atoms with E-state index in [0.29, 0.717) is 39.1 Å². The van der Waals surface area contributed by atoms with Crippen molar-refractivity contribution in [2.75, 3.05) is 40.0 Å². The predicted molar refractivity (Wildman–Crippen MR) is 103 cm³/mol. The van der Waals surface area contributed by atoms with Gasteiger partial charge in [0, 0.05) is 45.5 Å². The van der Waals surface area contributed by atoms with E-state index in [2.05, 4.69) is 0 Å². The molecule has 1 aromatic rings. The number of hydrogen-bond donors (Lipinski definition) is 0. The minimum absolute atomic E-state index is 0.0210. The van der Waals surface area contributed by atoms with Crippen LogP contribution < -0.4 is 0 Å². The third kappa shape index (κ3) is 4.82. The van der Waals surface area contributed by atoms with Gasteiger partial charge >= 0.3 is 0 Å². The van der Waals surface area contributed by atoms with Gasteiger partial charge in [-0.25, -0.2) is 4.39 Å². The van der Waals surface area contributed by atoms with E-state index in [-0.39, 0.29) is 41.1 Å². The molecule has 3 rings (SSSR count). The highest BCUT2D eigenvalue weighted by Gasteiger charge is 2.35. The quantitative estimate of drug-likeness (QED) is 0.746. The number of amides is 2. The summed E-state index contributed by atoms with van der Waals surface area (Å²) in [5.74, 6) is -0.783. The molecule has 0 radical (unpaired) electrons. The van der Waals surface area contributed by atoms with Crippen molar-refractivity contribution in [3.63, 3.8) is 0 Å². The minimum atomic E-state index is -0.488. The van der Waals surface area contributed by atoms with Crippen LogP contribution in [0, 0.1) is 5.82 Å². The van der Waals surface area contributed by atoms with Crippen LogP contribution in [0.1, 0.15) is 36.0 Å². The molecule has 2 heterocycles. The normalized spacial score (nSPS) is 18.9. The molecule has 28 heavy (non-hydrogen) atoms. The van der Waals surface area contributed by atoms with Crippen LogP contribution in [0.3, 0.4) is 0 Å². The highest BCUT2D eigenvalue weighted by molar-refractivity contribution is 6.33. The lowest BCUT2D eigenvalue weighted by Gasteiger charge is -2.43. The van der Waals surface area contributed by atoms with Gasteiger partial charge < -0.3 is 19.3 Å². The molecule has 0 unspecified atom stereocenters. The van der Waals surface area contributed by atoms with Gasteiger partial charge in [0.05, 0.1) is 10.6 Å². The maximum atomic E-state index is 13.5. The van der Waals surface area contributed by atoms with E-state index in [1.165, 1.54) is 25.3 Å². The number of hydrogen-bond acceptors (Lipinski definition) is 4. The van der Waals surface area contributed by atoms with Crippen LogP contribution in [-0.4, -0.2) is 73.7 Å². The van der Waals surface area contributed by atoms with Gasteiger partial charge in [-0.05, 0) is 43.9 Å². The van der Waals surface area contributed by atoms with Gasteiger partial charge in [0.25, 0.3) is 5.91 Å². The molecule has 8 heteroatoms. The Morgan fingerprint density at radius 2 is 1.86 bits per heavy atom. The first-order valence-electron chi connectivity index (χ1n) is 9.63. The third-order valence-electron chi connectivity index (χ3n) is 5.44. The first-order chi connectivity index (χ1) is 13.5. The number of carbonyl (C=O) groups is 2. The van der Waals surface area contributed by atoms with Crippen molar-refractivity contribution in [1.82, 2.24) is 9.80 Å². The SMILES string of the molecule is COCC(=O)N(C1CCOCC1)C1CCN(C(=O)c2cc(F)ccc2Cl)CC1. The zero-order chi connectivity index (χ0) is 20.1. The van der Waals surface area contributed by atoms with Gasteiger partial charge in [-0.2, -0.15) is 0 Å². The van der Waals surface area contributed by atoms with Crippen molar-refractivity contribution in [2.45, 2.75) is 37.8 Å². The summed E-state index contributed by atoms with van der Waals surface area (Å²) in [5, 5.41) is 0.243. The minimum Gasteiger partial charge on any atom is -0.381 e. The number of carbonyl (C=O) groups excluding carboxylic acids is 2. The van der Waals surface area contributed by atoms with Crippen LogP contribution >= 0.6 is 11.6 Å². The first-order valence-corrected chi connectivity index (χ1v) is 10.0. The molecule has 0 atom stereocenters. The van der Waals surface area contributed by atoms with Crippen LogP contribution in [-0.2, 0) is 14.3 Å². The fourth-order valence-electron chi connectivity index (χ4n) is 4.05. The standard InChI is InChI=1S/C20H26ClFN2O4/c1-27-13-19(25)24(16-6-10-28-11-7-16)15-4-8-23(9-5-15)20(26)17-12-14(22)2-3-18(17)21/h2-3,12,15-16H,4-11,13H2,1H3. The summed E-state index contributed by atoms with van der Waals surface area (Å²) in [7, 11) is 1.52. The molecule has 2 fully saturated rings. The van der Waals surface area contributed by atoms with E-state index >= 15 is 0 Å². The Morgan fingerprint density at radius 3 is 2.50 bits per heavy atom. The molecule has 0 N–H and O–H groups in total. The van der Waals surface area contributed by atoms with E-state index in [4.69, 9.17) is 21.1 Å². The Hall–Kier alpha value is -1.70. The largest absolute Gasteiger partial charge is 0.381 e. The van der Waals surface area contributed by atoms with E-state index in [0.717, 1.165) is 12.8 Å². The van der Waals surface area contributed by atoms with Crippen molar-refractivity contribution in [1.29, 1.82) is 0 Å². The highest BCUT2D eigenvalue weighted by Crippen LogP contribution is 2.26. The Kier molecular flexibility index (Phi) is 7.26. The van der Waals surface area contributed by atoms with Crippen LogP contribution in [0.2, 0.25) is 5.02 Å². The summed E-state index contributed by atoms with van der Waals surface area (Å²) < 4.78 is 24.0. The fourth-order valence-corrected chi connectivity index (χ4v) is 4.24. The second-order valence-electron chi connectivity index (χ2n) is 7.23. The molecular weight excluding hydrogens is 387 g/mol. The lowest BCUT2D eigenvalue weighted by molar-refractivity contribution is -0.143. The zero-order valence-corrected chi connectivity index (χ0v) is 16.8. The molecule has 154 valence electrons.